The molecule has 1 aliphatic rings. The fraction of sp³-hybridized carbons (Fsp3) is 0.731. The first-order valence-electron chi connectivity index (χ1n) is 23.9. The molecular weight excluding hydrogens is 699 g/mol. The smallest absolute Gasteiger partial charge is 0.127 e. The lowest BCUT2D eigenvalue weighted by molar-refractivity contribution is -0.929. The third-order valence-corrected chi connectivity index (χ3v) is 13.8. The number of nitrogens with zero attached hydrogens (tertiary/aromatic N) is 3. The van der Waals surface area contributed by atoms with Gasteiger partial charge in [0.1, 0.15) is 11.5 Å². The van der Waals surface area contributed by atoms with Gasteiger partial charge in [-0.2, -0.15) is 0 Å². The van der Waals surface area contributed by atoms with Crippen LogP contribution in [0.3, 0.4) is 0 Å². The summed E-state index contributed by atoms with van der Waals surface area (Å²) in [7, 11) is 0. The first-order chi connectivity index (χ1) is 27.3. The molecule has 57 heavy (non-hydrogen) atoms. The molecule has 0 spiro atoms. The van der Waals surface area contributed by atoms with Gasteiger partial charge in [-0.3, -0.25) is 9.98 Å². The Morgan fingerprint density at radius 1 is 0.544 bits per heavy atom. The van der Waals surface area contributed by atoms with Crippen LogP contribution >= 0.6 is 0 Å². The molecule has 1 fully saturated rings. The predicted octanol–water partition coefficient (Wildman–Crippen LogP) is 14.3. The van der Waals surface area contributed by atoms with Crippen LogP contribution in [-0.4, -0.2) is 65.4 Å². The number of aliphatic imine (C=N–C) groups is 2. The quantitative estimate of drug-likeness (QED) is 0.0700. The number of hydrogen-bond acceptors (Lipinski definition) is 4. The van der Waals surface area contributed by atoms with Crippen LogP contribution in [0.2, 0.25) is 0 Å². The van der Waals surface area contributed by atoms with E-state index in [1.807, 2.05) is 19.4 Å². The van der Waals surface area contributed by atoms with Gasteiger partial charge in [-0.05, 0) is 123 Å². The van der Waals surface area contributed by atoms with E-state index in [0.29, 0.717) is 11.5 Å². The molecule has 2 aromatic carbocycles. The molecular formula is C52H88N3O2+. The summed E-state index contributed by atoms with van der Waals surface area (Å²) in [5.74, 6) is 0.685. The van der Waals surface area contributed by atoms with Gasteiger partial charge >= 0.3 is 0 Å². The van der Waals surface area contributed by atoms with Crippen molar-refractivity contribution in [3.05, 3.63) is 57.6 Å². The number of aromatic hydroxyl groups is 2. The van der Waals surface area contributed by atoms with E-state index < -0.39 is 0 Å². The number of rotatable bonds is 27. The Morgan fingerprint density at radius 3 is 1.30 bits per heavy atom. The van der Waals surface area contributed by atoms with E-state index >= 15 is 0 Å². The lowest BCUT2D eigenvalue weighted by atomic mass is 9.73. The Bertz CT molecular complexity index is 1500. The highest BCUT2D eigenvalue weighted by Crippen LogP contribution is 2.40. The second-order valence-electron chi connectivity index (χ2n) is 18.9. The van der Waals surface area contributed by atoms with Gasteiger partial charge in [0.2, 0.25) is 0 Å². The van der Waals surface area contributed by atoms with Gasteiger partial charge < -0.3 is 14.7 Å². The molecule has 5 nitrogen and oxygen atoms in total. The average molecular weight is 787 g/mol. The van der Waals surface area contributed by atoms with Gasteiger partial charge in [0, 0.05) is 23.6 Å². The number of quaternary nitrogens is 1. The van der Waals surface area contributed by atoms with Crippen molar-refractivity contribution in [2.45, 2.75) is 221 Å². The van der Waals surface area contributed by atoms with Crippen molar-refractivity contribution in [3.8, 4) is 11.5 Å². The van der Waals surface area contributed by atoms with Crippen molar-refractivity contribution in [2.75, 3.05) is 26.2 Å². The summed E-state index contributed by atoms with van der Waals surface area (Å²) in [6.07, 6.45) is 27.7. The molecule has 2 N–H and O–H groups in total. The van der Waals surface area contributed by atoms with Crippen LogP contribution in [0.25, 0.3) is 0 Å². The molecule has 2 aromatic rings. The van der Waals surface area contributed by atoms with Crippen LogP contribution in [0.5, 0.6) is 11.5 Å². The zero-order valence-electron chi connectivity index (χ0n) is 38.8. The molecule has 0 bridgehead atoms. The first-order valence-corrected chi connectivity index (χ1v) is 23.9. The van der Waals surface area contributed by atoms with Crippen LogP contribution in [0.1, 0.15) is 217 Å². The zero-order chi connectivity index (χ0) is 41.9. The molecule has 0 amide bonds. The monoisotopic (exact) mass is 787 g/mol. The highest BCUT2D eigenvalue weighted by molar-refractivity contribution is 5.86. The van der Waals surface area contributed by atoms with Crippen LogP contribution < -0.4 is 0 Å². The summed E-state index contributed by atoms with van der Waals surface area (Å²) in [6, 6.07) is 9.01. The van der Waals surface area contributed by atoms with Gasteiger partial charge in [-0.25, -0.2) is 0 Å². The highest BCUT2D eigenvalue weighted by atomic mass is 16.3. The fourth-order valence-corrected chi connectivity index (χ4v) is 9.77. The third-order valence-electron chi connectivity index (χ3n) is 13.8. The minimum atomic E-state index is 0.0429. The van der Waals surface area contributed by atoms with E-state index in [9.17, 15) is 10.2 Å². The summed E-state index contributed by atoms with van der Waals surface area (Å²) >= 11 is 0. The highest BCUT2D eigenvalue weighted by Gasteiger charge is 2.32. The maximum Gasteiger partial charge on any atom is 0.127 e. The van der Waals surface area contributed by atoms with E-state index in [-0.39, 0.29) is 22.9 Å². The predicted molar refractivity (Wildman–Crippen MR) is 249 cm³/mol. The first kappa shape index (κ1) is 48.7. The Balaban J connectivity index is 1.89. The molecule has 322 valence electrons. The molecule has 0 saturated heterocycles. The number of phenols is 2. The second kappa shape index (κ2) is 24.4. The van der Waals surface area contributed by atoms with Crippen molar-refractivity contribution in [3.63, 3.8) is 0 Å². The standard InChI is InChI=1S/C52H87N3O2/c1-11-17-28-52(10,29-18-12-2)46-36-42(8)50(57)44(38-46)40-54-48-26-23-22-25-47(48)53-39-43-37-45(35-41(7)49(43)56)51(9,27-16-6)30-24-34-55(31-19-13-3,32-20-14-4)33-21-15-5/h35-40,47-48H,11-34H2,1-10H3,(H-,53,54,56,57)/p+1/t47-,48-,51?/m0/s1. The lowest BCUT2D eigenvalue weighted by Gasteiger charge is -2.40. The topological polar surface area (TPSA) is 65.2 Å². The van der Waals surface area contributed by atoms with Crippen molar-refractivity contribution in [1.29, 1.82) is 0 Å². The number of unbranched alkanes of at least 4 members (excludes halogenated alkanes) is 5. The van der Waals surface area contributed by atoms with E-state index in [0.717, 1.165) is 80.0 Å². The number of hydrogen-bond donors (Lipinski definition) is 2. The van der Waals surface area contributed by atoms with Crippen LogP contribution in [-0.2, 0) is 10.8 Å². The summed E-state index contributed by atoms with van der Waals surface area (Å²) < 4.78 is 1.29. The van der Waals surface area contributed by atoms with Gasteiger partial charge in [0.25, 0.3) is 0 Å². The minimum Gasteiger partial charge on any atom is -0.507 e. The van der Waals surface area contributed by atoms with Crippen molar-refractivity contribution in [1.82, 2.24) is 0 Å². The average Bonchev–Trinajstić information content (AvgIpc) is 3.20. The summed E-state index contributed by atoms with van der Waals surface area (Å²) in [5.41, 5.74) is 6.31. The fourth-order valence-electron chi connectivity index (χ4n) is 9.77. The summed E-state index contributed by atoms with van der Waals surface area (Å²) in [5, 5.41) is 22.6. The number of aryl methyl sites for hydroxylation is 2. The van der Waals surface area contributed by atoms with Gasteiger partial charge in [-0.1, -0.05) is 132 Å². The minimum absolute atomic E-state index is 0.0429. The largest absolute Gasteiger partial charge is 0.507 e. The molecule has 5 heteroatoms. The molecule has 1 unspecified atom stereocenters. The molecule has 3 rings (SSSR count). The Morgan fingerprint density at radius 2 is 0.912 bits per heavy atom. The summed E-state index contributed by atoms with van der Waals surface area (Å²) in [4.78, 5) is 10.4. The van der Waals surface area contributed by atoms with Crippen molar-refractivity contribution in [2.24, 2.45) is 9.98 Å². The molecule has 3 atom stereocenters. The maximum absolute atomic E-state index is 11.4. The van der Waals surface area contributed by atoms with Crippen LogP contribution in [0, 0.1) is 13.8 Å². The van der Waals surface area contributed by atoms with Crippen LogP contribution in [0.15, 0.2) is 34.3 Å². The third kappa shape index (κ3) is 14.2. The molecule has 0 aliphatic heterocycles. The molecule has 1 saturated carbocycles. The van der Waals surface area contributed by atoms with Crippen LogP contribution in [0.4, 0.5) is 0 Å². The Kier molecular flexibility index (Phi) is 20.9. The molecule has 0 radical (unpaired) electrons. The zero-order valence-corrected chi connectivity index (χ0v) is 38.8. The number of benzene rings is 2. The second-order valence-corrected chi connectivity index (χ2v) is 18.9. The van der Waals surface area contributed by atoms with E-state index in [1.54, 1.807) is 0 Å². The van der Waals surface area contributed by atoms with Gasteiger partial charge in [0.15, 0.2) is 0 Å². The van der Waals surface area contributed by atoms with Crippen molar-refractivity contribution < 1.29 is 14.7 Å². The molecule has 0 heterocycles. The SMILES string of the molecule is CCCCC(C)(CCCC)c1cc(C)c(O)c(/C=N/[C@H]2CCCC[C@@H]2/N=C/c2cc(C(C)(CCC)CCC[N+](CCCC)(CCCC)CCCC)cc(C)c2O)c1. The van der Waals surface area contributed by atoms with Gasteiger partial charge in [0.05, 0.1) is 38.3 Å². The Labute approximate surface area is 351 Å². The summed E-state index contributed by atoms with van der Waals surface area (Å²) in [6.45, 7) is 28.1. The maximum atomic E-state index is 11.4. The van der Waals surface area contributed by atoms with E-state index in [4.69, 9.17) is 9.98 Å². The van der Waals surface area contributed by atoms with E-state index in [2.05, 4.69) is 86.6 Å². The van der Waals surface area contributed by atoms with E-state index in [1.165, 1.54) is 112 Å². The molecule has 0 aromatic heterocycles. The normalized spacial score (nSPS) is 17.9. The van der Waals surface area contributed by atoms with Crippen molar-refractivity contribution >= 4 is 12.4 Å². The molecule has 1 aliphatic carbocycles. The number of phenolic OH excluding ortho intramolecular Hbond substituents is 2. The lowest BCUT2D eigenvalue weighted by Crippen LogP contribution is -2.51. The Hall–Kier alpha value is -2.66. The van der Waals surface area contributed by atoms with Gasteiger partial charge in [-0.15, -0.1) is 0 Å².